The van der Waals surface area contributed by atoms with Gasteiger partial charge in [-0.25, -0.2) is 0 Å². The van der Waals surface area contributed by atoms with Crippen LogP contribution in [0.25, 0.3) is 11.6 Å². The van der Waals surface area contributed by atoms with Gasteiger partial charge >= 0.3 is 0 Å². The van der Waals surface area contributed by atoms with Crippen LogP contribution in [0.5, 0.6) is 0 Å². The molecular weight excluding hydrogens is 294 g/mol. The highest BCUT2D eigenvalue weighted by Crippen LogP contribution is 2.46. The third-order valence-electron chi connectivity index (χ3n) is 5.57. The Morgan fingerprint density at radius 2 is 1.71 bits per heavy atom. The summed E-state index contributed by atoms with van der Waals surface area (Å²) in [7, 11) is 0. The van der Waals surface area contributed by atoms with Crippen molar-refractivity contribution in [2.45, 2.75) is 65.2 Å². The van der Waals surface area contributed by atoms with Gasteiger partial charge < -0.3 is 4.52 Å². The number of hydrogen-bond donors (Lipinski definition) is 0. The van der Waals surface area contributed by atoms with E-state index in [2.05, 4.69) is 71.0 Å². The Kier molecular flexibility index (Phi) is 4.19. The number of aromatic nitrogens is 1. The zero-order valence-corrected chi connectivity index (χ0v) is 15.8. The Balaban J connectivity index is 2.13. The lowest BCUT2D eigenvalue weighted by molar-refractivity contribution is 0.332. The van der Waals surface area contributed by atoms with Gasteiger partial charge in [-0.05, 0) is 57.9 Å². The van der Waals surface area contributed by atoms with Crippen LogP contribution in [-0.2, 0) is 10.8 Å². The lowest BCUT2D eigenvalue weighted by Crippen LogP contribution is -2.33. The van der Waals surface area contributed by atoms with Gasteiger partial charge in [0.05, 0.1) is 0 Å². The number of benzene rings is 1. The first kappa shape index (κ1) is 17.0. The number of nitrogens with zero attached hydrogens (tertiary/aromatic N) is 1. The van der Waals surface area contributed by atoms with Crippen molar-refractivity contribution in [3.05, 3.63) is 52.9 Å². The summed E-state index contributed by atoms with van der Waals surface area (Å²) in [5.41, 5.74) is 7.00. The molecule has 1 heterocycles. The Hall–Kier alpha value is -1.83. The number of fused-ring (bicyclic) bond motifs is 1. The summed E-state index contributed by atoms with van der Waals surface area (Å²) < 4.78 is 4.99. The molecule has 0 saturated carbocycles. The fraction of sp³-hybridized carbons (Fsp3) is 0.500. The van der Waals surface area contributed by atoms with Crippen molar-refractivity contribution in [2.75, 3.05) is 0 Å². The van der Waals surface area contributed by atoms with E-state index >= 15 is 0 Å². The highest BCUT2D eigenvalue weighted by Gasteiger charge is 2.37. The van der Waals surface area contributed by atoms with E-state index in [1.54, 1.807) is 6.26 Å². The third-order valence-corrected chi connectivity index (χ3v) is 5.57. The Labute approximate surface area is 146 Å². The van der Waals surface area contributed by atoms with E-state index in [4.69, 9.17) is 4.52 Å². The molecule has 1 aromatic heterocycles. The molecule has 2 aromatic rings. The molecule has 128 valence electrons. The van der Waals surface area contributed by atoms with Gasteiger partial charge in [-0.1, -0.05) is 64.9 Å². The molecule has 0 amide bonds. The maximum Gasteiger partial charge on any atom is 0.124 e. The van der Waals surface area contributed by atoms with E-state index in [1.165, 1.54) is 35.1 Å². The predicted octanol–water partition coefficient (Wildman–Crippen LogP) is 6.22. The smallest absolute Gasteiger partial charge is 0.124 e. The quantitative estimate of drug-likeness (QED) is 0.670. The SMILES string of the molecule is CC(C)/C(=C\c1ccon1)c1ccc2c(c1)C(C)(C)CCC2(C)C. The van der Waals surface area contributed by atoms with Gasteiger partial charge in [0.15, 0.2) is 0 Å². The molecule has 0 aliphatic heterocycles. The van der Waals surface area contributed by atoms with Crippen LogP contribution >= 0.6 is 0 Å². The summed E-state index contributed by atoms with van der Waals surface area (Å²) in [6.45, 7) is 14.0. The van der Waals surface area contributed by atoms with Gasteiger partial charge in [-0.15, -0.1) is 0 Å². The van der Waals surface area contributed by atoms with Crippen LogP contribution in [0, 0.1) is 5.92 Å². The first-order chi connectivity index (χ1) is 11.2. The number of allylic oxidation sites excluding steroid dienone is 1. The maximum atomic E-state index is 4.99. The first-order valence-electron chi connectivity index (χ1n) is 8.98. The van der Waals surface area contributed by atoms with Crippen LogP contribution in [0.4, 0.5) is 0 Å². The van der Waals surface area contributed by atoms with Crippen LogP contribution in [0.3, 0.4) is 0 Å². The molecule has 0 N–H and O–H groups in total. The van der Waals surface area contributed by atoms with E-state index < -0.39 is 0 Å². The molecule has 0 atom stereocenters. The summed E-state index contributed by atoms with van der Waals surface area (Å²) >= 11 is 0. The van der Waals surface area contributed by atoms with Crippen LogP contribution in [0.2, 0.25) is 0 Å². The Bertz CT molecular complexity index is 748. The van der Waals surface area contributed by atoms with E-state index in [0.717, 1.165) is 5.69 Å². The molecule has 0 radical (unpaired) electrons. The van der Waals surface area contributed by atoms with E-state index in [0.29, 0.717) is 5.92 Å². The average molecular weight is 323 g/mol. The molecule has 0 saturated heterocycles. The third kappa shape index (κ3) is 3.07. The maximum absolute atomic E-state index is 4.99. The number of hydrogen-bond acceptors (Lipinski definition) is 2. The Morgan fingerprint density at radius 1 is 1.04 bits per heavy atom. The second-order valence-corrected chi connectivity index (χ2v) is 8.71. The molecule has 1 aromatic carbocycles. The molecule has 1 aliphatic carbocycles. The molecular formula is C22H29NO. The van der Waals surface area contributed by atoms with Crippen molar-refractivity contribution < 1.29 is 4.52 Å². The predicted molar refractivity (Wildman–Crippen MR) is 101 cm³/mol. The van der Waals surface area contributed by atoms with Crippen molar-refractivity contribution >= 4 is 11.6 Å². The average Bonchev–Trinajstić information content (AvgIpc) is 3.02. The minimum absolute atomic E-state index is 0.233. The van der Waals surface area contributed by atoms with Crippen molar-refractivity contribution in [3.8, 4) is 0 Å². The normalized spacial score (nSPS) is 19.4. The second-order valence-electron chi connectivity index (χ2n) is 8.71. The van der Waals surface area contributed by atoms with Crippen molar-refractivity contribution in [3.63, 3.8) is 0 Å². The fourth-order valence-corrected chi connectivity index (χ4v) is 3.81. The molecule has 1 aliphatic rings. The molecule has 3 rings (SSSR count). The summed E-state index contributed by atoms with van der Waals surface area (Å²) in [6.07, 6.45) is 6.26. The zero-order valence-electron chi connectivity index (χ0n) is 15.8. The monoisotopic (exact) mass is 323 g/mol. The van der Waals surface area contributed by atoms with E-state index in [9.17, 15) is 0 Å². The zero-order chi connectivity index (χ0) is 17.5. The van der Waals surface area contributed by atoms with E-state index in [-0.39, 0.29) is 10.8 Å². The number of rotatable bonds is 3. The molecule has 0 bridgehead atoms. The van der Waals surface area contributed by atoms with Gasteiger partial charge in [0.2, 0.25) is 0 Å². The van der Waals surface area contributed by atoms with Crippen molar-refractivity contribution in [1.29, 1.82) is 0 Å². The van der Waals surface area contributed by atoms with Crippen molar-refractivity contribution in [2.24, 2.45) is 5.92 Å². The molecule has 0 unspecified atom stereocenters. The van der Waals surface area contributed by atoms with Crippen LogP contribution < -0.4 is 0 Å². The summed E-state index contributed by atoms with van der Waals surface area (Å²) in [4.78, 5) is 0. The van der Waals surface area contributed by atoms with Gasteiger partial charge in [0.25, 0.3) is 0 Å². The summed E-state index contributed by atoms with van der Waals surface area (Å²) in [5, 5.41) is 4.05. The van der Waals surface area contributed by atoms with Gasteiger partial charge in [0.1, 0.15) is 12.0 Å². The van der Waals surface area contributed by atoms with Gasteiger partial charge in [0, 0.05) is 6.07 Å². The Morgan fingerprint density at radius 3 is 2.29 bits per heavy atom. The summed E-state index contributed by atoms with van der Waals surface area (Å²) in [6, 6.07) is 8.97. The lowest BCUT2D eigenvalue weighted by Gasteiger charge is -2.42. The minimum atomic E-state index is 0.233. The topological polar surface area (TPSA) is 26.0 Å². The van der Waals surface area contributed by atoms with E-state index in [1.807, 2.05) is 6.07 Å². The van der Waals surface area contributed by atoms with Crippen molar-refractivity contribution in [1.82, 2.24) is 5.16 Å². The largest absolute Gasteiger partial charge is 0.364 e. The highest BCUT2D eigenvalue weighted by molar-refractivity contribution is 5.82. The molecule has 2 nitrogen and oxygen atoms in total. The lowest BCUT2D eigenvalue weighted by atomic mass is 9.62. The second kappa shape index (κ2) is 5.91. The molecule has 2 heteroatoms. The van der Waals surface area contributed by atoms with Crippen LogP contribution in [0.15, 0.2) is 35.1 Å². The molecule has 24 heavy (non-hydrogen) atoms. The molecule has 0 spiro atoms. The van der Waals surface area contributed by atoms with Crippen LogP contribution in [-0.4, -0.2) is 5.16 Å². The van der Waals surface area contributed by atoms with Gasteiger partial charge in [-0.3, -0.25) is 0 Å². The van der Waals surface area contributed by atoms with Gasteiger partial charge in [-0.2, -0.15) is 0 Å². The standard InChI is InChI=1S/C22H29NO/c1-15(2)18(14-17-9-12-24-23-17)16-7-8-19-20(13-16)22(5,6)11-10-21(19,3)4/h7-9,12-15H,10-11H2,1-6H3/b18-14+. The fourth-order valence-electron chi connectivity index (χ4n) is 3.81. The minimum Gasteiger partial charge on any atom is -0.364 e. The summed E-state index contributed by atoms with van der Waals surface area (Å²) in [5.74, 6) is 0.430. The van der Waals surface area contributed by atoms with Crippen LogP contribution in [0.1, 0.15) is 76.8 Å². The first-order valence-corrected chi connectivity index (χ1v) is 8.98. The molecule has 0 fully saturated rings. The highest BCUT2D eigenvalue weighted by atomic mass is 16.5.